The molecule has 3 heteroatoms. The third kappa shape index (κ3) is 2.19. The van der Waals surface area contributed by atoms with Gasteiger partial charge in [-0.05, 0) is 24.1 Å². The van der Waals surface area contributed by atoms with Crippen LogP contribution in [0.25, 0.3) is 11.1 Å². The quantitative estimate of drug-likeness (QED) is 0.786. The third-order valence-electron chi connectivity index (χ3n) is 2.44. The third-order valence-corrected chi connectivity index (χ3v) is 2.44. The van der Waals surface area contributed by atoms with Gasteiger partial charge in [-0.15, -0.1) is 0 Å². The van der Waals surface area contributed by atoms with Crippen molar-refractivity contribution in [3.63, 3.8) is 0 Å². The number of pyridine rings is 2. The molecule has 0 spiro atoms. The van der Waals surface area contributed by atoms with E-state index in [0.717, 1.165) is 24.1 Å². The molecule has 0 N–H and O–H groups in total. The highest BCUT2D eigenvalue weighted by atomic mass is 16.1. The fourth-order valence-electron chi connectivity index (χ4n) is 1.65. The Kier molecular flexibility index (Phi) is 3.15. The minimum atomic E-state index is 0.0505. The van der Waals surface area contributed by atoms with Gasteiger partial charge in [-0.1, -0.05) is 13.0 Å². The highest BCUT2D eigenvalue weighted by Gasteiger charge is 2.00. The lowest BCUT2D eigenvalue weighted by Crippen LogP contribution is -2.18. The lowest BCUT2D eigenvalue weighted by Gasteiger charge is -2.06. The van der Waals surface area contributed by atoms with Crippen LogP contribution in [0.2, 0.25) is 0 Å². The molecule has 0 unspecified atom stereocenters. The van der Waals surface area contributed by atoms with E-state index in [9.17, 15) is 4.79 Å². The predicted octanol–water partition coefficient (Wildman–Crippen LogP) is 2.32. The van der Waals surface area contributed by atoms with Crippen LogP contribution in [-0.2, 0) is 6.54 Å². The molecule has 0 bridgehead atoms. The predicted molar refractivity (Wildman–Crippen MR) is 64.2 cm³/mol. The SMILES string of the molecule is CCCn1cc(-c2cccnc2)ccc1=O. The maximum Gasteiger partial charge on any atom is 0.250 e. The largest absolute Gasteiger partial charge is 0.315 e. The van der Waals surface area contributed by atoms with Gasteiger partial charge in [0, 0.05) is 36.8 Å². The van der Waals surface area contributed by atoms with Gasteiger partial charge in [-0.3, -0.25) is 9.78 Å². The first-order chi connectivity index (χ1) is 7.81. The average molecular weight is 214 g/mol. The average Bonchev–Trinajstić information content (AvgIpc) is 2.33. The number of aryl methyl sites for hydroxylation is 1. The topological polar surface area (TPSA) is 34.9 Å². The first-order valence-corrected chi connectivity index (χ1v) is 5.42. The Bertz CT molecular complexity index is 517. The second kappa shape index (κ2) is 4.75. The monoisotopic (exact) mass is 214 g/mol. The van der Waals surface area contributed by atoms with Gasteiger partial charge in [0.15, 0.2) is 0 Å². The van der Waals surface area contributed by atoms with E-state index in [-0.39, 0.29) is 5.56 Å². The molecule has 0 amide bonds. The highest BCUT2D eigenvalue weighted by Crippen LogP contribution is 2.15. The molecule has 0 atom stereocenters. The van der Waals surface area contributed by atoms with Crippen LogP contribution in [0, 0.1) is 0 Å². The molecule has 0 radical (unpaired) electrons. The van der Waals surface area contributed by atoms with E-state index in [4.69, 9.17) is 0 Å². The molecule has 0 aromatic carbocycles. The maximum absolute atomic E-state index is 11.5. The summed E-state index contributed by atoms with van der Waals surface area (Å²) < 4.78 is 1.74. The standard InChI is InChI=1S/C13H14N2O/c1-2-8-15-10-12(5-6-13(15)16)11-4-3-7-14-9-11/h3-7,9-10H,2,8H2,1H3. The molecule has 0 saturated carbocycles. The smallest absolute Gasteiger partial charge is 0.250 e. The number of hydrogen-bond donors (Lipinski definition) is 0. The molecule has 2 aromatic heterocycles. The van der Waals surface area contributed by atoms with Gasteiger partial charge in [0.25, 0.3) is 5.56 Å². The van der Waals surface area contributed by atoms with Crippen molar-refractivity contribution in [2.75, 3.05) is 0 Å². The molecule has 16 heavy (non-hydrogen) atoms. The Balaban J connectivity index is 2.44. The van der Waals surface area contributed by atoms with Gasteiger partial charge in [0.05, 0.1) is 0 Å². The summed E-state index contributed by atoms with van der Waals surface area (Å²) in [5.41, 5.74) is 2.11. The molecule has 0 aliphatic heterocycles. The van der Waals surface area contributed by atoms with Crippen LogP contribution in [-0.4, -0.2) is 9.55 Å². The molecule has 2 heterocycles. The summed E-state index contributed by atoms with van der Waals surface area (Å²) in [6.45, 7) is 2.82. The highest BCUT2D eigenvalue weighted by molar-refractivity contribution is 5.60. The number of nitrogens with zero attached hydrogens (tertiary/aromatic N) is 2. The van der Waals surface area contributed by atoms with E-state index in [0.29, 0.717) is 0 Å². The number of rotatable bonds is 3. The summed E-state index contributed by atoms with van der Waals surface area (Å²) in [7, 11) is 0. The van der Waals surface area contributed by atoms with E-state index < -0.39 is 0 Å². The summed E-state index contributed by atoms with van der Waals surface area (Å²) in [6.07, 6.45) is 6.39. The summed E-state index contributed by atoms with van der Waals surface area (Å²) in [5, 5.41) is 0. The summed E-state index contributed by atoms with van der Waals surface area (Å²) in [6, 6.07) is 7.33. The molecular weight excluding hydrogens is 200 g/mol. The van der Waals surface area contributed by atoms with E-state index in [1.807, 2.05) is 24.4 Å². The minimum absolute atomic E-state index is 0.0505. The van der Waals surface area contributed by atoms with Gasteiger partial charge < -0.3 is 4.57 Å². The Morgan fingerprint density at radius 3 is 2.81 bits per heavy atom. The molecule has 0 fully saturated rings. The van der Waals surface area contributed by atoms with Crippen molar-refractivity contribution in [1.29, 1.82) is 0 Å². The van der Waals surface area contributed by atoms with Gasteiger partial charge in [0.1, 0.15) is 0 Å². The molecule has 0 aliphatic carbocycles. The molecule has 82 valence electrons. The van der Waals surface area contributed by atoms with E-state index in [2.05, 4.69) is 11.9 Å². The second-order valence-corrected chi connectivity index (χ2v) is 3.69. The van der Waals surface area contributed by atoms with Crippen molar-refractivity contribution in [2.45, 2.75) is 19.9 Å². The van der Waals surface area contributed by atoms with Gasteiger partial charge in [-0.25, -0.2) is 0 Å². The van der Waals surface area contributed by atoms with Crippen LogP contribution in [0.4, 0.5) is 0 Å². The lowest BCUT2D eigenvalue weighted by molar-refractivity contribution is 0.655. The molecule has 2 rings (SSSR count). The van der Waals surface area contributed by atoms with Crippen molar-refractivity contribution in [3.05, 3.63) is 53.2 Å². The summed E-state index contributed by atoms with van der Waals surface area (Å²) >= 11 is 0. The van der Waals surface area contributed by atoms with Gasteiger partial charge in [-0.2, -0.15) is 0 Å². The van der Waals surface area contributed by atoms with Crippen LogP contribution in [0.5, 0.6) is 0 Å². The van der Waals surface area contributed by atoms with Crippen LogP contribution in [0.1, 0.15) is 13.3 Å². The first kappa shape index (κ1) is 10.6. The molecule has 0 aliphatic rings. The second-order valence-electron chi connectivity index (χ2n) is 3.69. The Labute approximate surface area is 94.4 Å². The zero-order valence-electron chi connectivity index (χ0n) is 9.26. The van der Waals surface area contributed by atoms with Crippen LogP contribution >= 0.6 is 0 Å². The van der Waals surface area contributed by atoms with E-state index >= 15 is 0 Å². The van der Waals surface area contributed by atoms with Crippen molar-refractivity contribution in [1.82, 2.24) is 9.55 Å². The molecule has 3 nitrogen and oxygen atoms in total. The zero-order valence-corrected chi connectivity index (χ0v) is 9.26. The molecular formula is C13H14N2O. The van der Waals surface area contributed by atoms with E-state index in [1.54, 1.807) is 23.0 Å². The van der Waals surface area contributed by atoms with Crippen molar-refractivity contribution < 1.29 is 0 Å². The Hall–Kier alpha value is -1.90. The Morgan fingerprint density at radius 2 is 2.12 bits per heavy atom. The minimum Gasteiger partial charge on any atom is -0.315 e. The number of hydrogen-bond acceptors (Lipinski definition) is 2. The lowest BCUT2D eigenvalue weighted by atomic mass is 10.1. The molecule has 0 saturated heterocycles. The van der Waals surface area contributed by atoms with Crippen LogP contribution in [0.15, 0.2) is 47.7 Å². The van der Waals surface area contributed by atoms with Crippen molar-refractivity contribution in [3.8, 4) is 11.1 Å². The van der Waals surface area contributed by atoms with E-state index in [1.165, 1.54) is 0 Å². The zero-order chi connectivity index (χ0) is 11.4. The summed E-state index contributed by atoms with van der Waals surface area (Å²) in [4.78, 5) is 15.6. The van der Waals surface area contributed by atoms with Gasteiger partial charge >= 0.3 is 0 Å². The fraction of sp³-hybridized carbons (Fsp3) is 0.231. The van der Waals surface area contributed by atoms with Crippen molar-refractivity contribution in [2.24, 2.45) is 0 Å². The fourth-order valence-corrected chi connectivity index (χ4v) is 1.65. The molecule has 2 aromatic rings. The Morgan fingerprint density at radius 1 is 1.25 bits per heavy atom. The van der Waals surface area contributed by atoms with Crippen LogP contribution < -0.4 is 5.56 Å². The maximum atomic E-state index is 11.5. The number of aromatic nitrogens is 2. The summed E-state index contributed by atoms with van der Waals surface area (Å²) in [5.74, 6) is 0. The normalized spacial score (nSPS) is 10.3. The van der Waals surface area contributed by atoms with Crippen LogP contribution in [0.3, 0.4) is 0 Å². The van der Waals surface area contributed by atoms with Crippen molar-refractivity contribution >= 4 is 0 Å². The first-order valence-electron chi connectivity index (χ1n) is 5.42. The van der Waals surface area contributed by atoms with Gasteiger partial charge in [0.2, 0.25) is 0 Å².